The molecule has 1 aliphatic rings. The van der Waals surface area contributed by atoms with Crippen molar-refractivity contribution in [3.8, 4) is 5.75 Å². The van der Waals surface area contributed by atoms with Crippen LogP contribution in [-0.4, -0.2) is 5.97 Å². The normalized spacial score (nSPS) is 15.5. The second kappa shape index (κ2) is 5.72. The minimum Gasteiger partial charge on any atom is -0.426 e. The summed E-state index contributed by atoms with van der Waals surface area (Å²) in [7, 11) is 0. The lowest BCUT2D eigenvalue weighted by molar-refractivity contribution is -0.135. The van der Waals surface area contributed by atoms with Crippen LogP contribution in [0.25, 0.3) is 11.0 Å². The molecule has 0 radical (unpaired) electrons. The number of esters is 1. The van der Waals surface area contributed by atoms with Crippen LogP contribution in [0.3, 0.4) is 0 Å². The molecule has 1 aliphatic carbocycles. The van der Waals surface area contributed by atoms with Crippen molar-refractivity contribution in [2.24, 2.45) is 5.92 Å². The Labute approximate surface area is 122 Å². The number of benzene rings is 1. The van der Waals surface area contributed by atoms with E-state index in [1.165, 1.54) is 18.9 Å². The van der Waals surface area contributed by atoms with E-state index in [1.54, 1.807) is 12.1 Å². The third kappa shape index (κ3) is 3.15. The topological polar surface area (TPSA) is 56.5 Å². The van der Waals surface area contributed by atoms with Crippen molar-refractivity contribution < 1.29 is 13.9 Å². The Bertz CT molecular complexity index is 723. The average Bonchev–Trinajstić information content (AvgIpc) is 2.90. The van der Waals surface area contributed by atoms with Crippen LogP contribution in [0, 0.1) is 12.8 Å². The molecule has 0 N–H and O–H groups in total. The molecule has 4 heteroatoms. The summed E-state index contributed by atoms with van der Waals surface area (Å²) in [5, 5.41) is 0.852. The lowest BCUT2D eigenvalue weighted by atomic mass is 10.0. The molecule has 0 aliphatic heterocycles. The summed E-state index contributed by atoms with van der Waals surface area (Å²) < 4.78 is 10.5. The van der Waals surface area contributed by atoms with E-state index in [4.69, 9.17) is 9.15 Å². The van der Waals surface area contributed by atoms with Gasteiger partial charge in [-0.2, -0.15) is 0 Å². The molecule has 1 aromatic heterocycles. The lowest BCUT2D eigenvalue weighted by Gasteiger charge is -2.09. The van der Waals surface area contributed by atoms with Crippen LogP contribution in [0.5, 0.6) is 5.75 Å². The van der Waals surface area contributed by atoms with Gasteiger partial charge >= 0.3 is 11.6 Å². The molecule has 3 rings (SSSR count). The van der Waals surface area contributed by atoms with Gasteiger partial charge in [0.25, 0.3) is 0 Å². The maximum absolute atomic E-state index is 11.9. The largest absolute Gasteiger partial charge is 0.426 e. The van der Waals surface area contributed by atoms with Gasteiger partial charge in [0.15, 0.2) is 0 Å². The van der Waals surface area contributed by atoms with Crippen LogP contribution in [0.1, 0.15) is 37.7 Å². The van der Waals surface area contributed by atoms with E-state index in [-0.39, 0.29) is 5.97 Å². The number of carbonyl (C=O) groups excluding carboxylic acids is 1. The van der Waals surface area contributed by atoms with E-state index in [1.807, 2.05) is 13.0 Å². The summed E-state index contributed by atoms with van der Waals surface area (Å²) in [6.45, 7) is 1.85. The fourth-order valence-electron chi connectivity index (χ4n) is 2.99. The maximum atomic E-state index is 11.9. The van der Waals surface area contributed by atoms with Crippen molar-refractivity contribution >= 4 is 16.9 Å². The highest BCUT2D eigenvalue weighted by molar-refractivity contribution is 5.82. The van der Waals surface area contributed by atoms with Gasteiger partial charge in [-0.15, -0.1) is 0 Å². The number of aryl methyl sites for hydroxylation is 1. The standard InChI is InChI=1S/C17H18O4/c1-11-8-16(18)21-15-10-13(6-7-14(11)15)20-17(19)9-12-4-2-3-5-12/h6-8,10,12H,2-5,9H2,1H3. The van der Waals surface area contributed by atoms with Crippen molar-refractivity contribution in [2.75, 3.05) is 0 Å². The van der Waals surface area contributed by atoms with E-state index in [0.29, 0.717) is 23.7 Å². The number of hydrogen-bond acceptors (Lipinski definition) is 4. The van der Waals surface area contributed by atoms with Crippen LogP contribution in [-0.2, 0) is 4.79 Å². The number of rotatable bonds is 3. The third-order valence-corrected chi connectivity index (χ3v) is 4.08. The van der Waals surface area contributed by atoms with Gasteiger partial charge in [0.2, 0.25) is 0 Å². The first-order chi connectivity index (χ1) is 10.1. The smallest absolute Gasteiger partial charge is 0.336 e. The quantitative estimate of drug-likeness (QED) is 0.491. The van der Waals surface area contributed by atoms with Crippen molar-refractivity contribution in [3.63, 3.8) is 0 Å². The molecule has 4 nitrogen and oxygen atoms in total. The first kappa shape index (κ1) is 13.9. The minimum atomic E-state index is -0.394. The highest BCUT2D eigenvalue weighted by Crippen LogP contribution is 2.28. The van der Waals surface area contributed by atoms with E-state index >= 15 is 0 Å². The lowest BCUT2D eigenvalue weighted by Crippen LogP contribution is -2.12. The van der Waals surface area contributed by atoms with Gasteiger partial charge in [0.1, 0.15) is 11.3 Å². The predicted octanol–water partition coefficient (Wildman–Crippen LogP) is 3.59. The van der Waals surface area contributed by atoms with Crippen molar-refractivity contribution in [2.45, 2.75) is 39.0 Å². The predicted molar refractivity (Wildman–Crippen MR) is 79.4 cm³/mol. The molecule has 21 heavy (non-hydrogen) atoms. The van der Waals surface area contributed by atoms with Crippen molar-refractivity contribution in [1.29, 1.82) is 0 Å². The SMILES string of the molecule is Cc1cc(=O)oc2cc(OC(=O)CC3CCCC3)ccc12. The summed E-state index contributed by atoms with van der Waals surface area (Å²) in [5.74, 6) is 0.675. The Balaban J connectivity index is 1.77. The van der Waals surface area contributed by atoms with Gasteiger partial charge in [0, 0.05) is 23.9 Å². The minimum absolute atomic E-state index is 0.212. The molecule has 1 heterocycles. The van der Waals surface area contributed by atoms with E-state index in [2.05, 4.69) is 0 Å². The first-order valence-corrected chi connectivity index (χ1v) is 7.37. The zero-order chi connectivity index (χ0) is 14.8. The van der Waals surface area contributed by atoms with Gasteiger partial charge in [-0.25, -0.2) is 4.79 Å². The highest BCUT2D eigenvalue weighted by atomic mass is 16.5. The Morgan fingerprint density at radius 2 is 2.05 bits per heavy atom. The number of hydrogen-bond donors (Lipinski definition) is 0. The van der Waals surface area contributed by atoms with Crippen LogP contribution in [0.15, 0.2) is 33.5 Å². The molecule has 0 unspecified atom stereocenters. The first-order valence-electron chi connectivity index (χ1n) is 7.37. The van der Waals surface area contributed by atoms with Gasteiger partial charge < -0.3 is 9.15 Å². The molecule has 1 aromatic carbocycles. The number of ether oxygens (including phenoxy) is 1. The molecular weight excluding hydrogens is 268 g/mol. The van der Waals surface area contributed by atoms with Gasteiger partial charge in [-0.3, -0.25) is 4.79 Å². The monoisotopic (exact) mass is 286 g/mol. The third-order valence-electron chi connectivity index (χ3n) is 4.08. The molecule has 0 spiro atoms. The fourth-order valence-corrected chi connectivity index (χ4v) is 2.99. The zero-order valence-electron chi connectivity index (χ0n) is 12.1. The summed E-state index contributed by atoms with van der Waals surface area (Å²) >= 11 is 0. The van der Waals surface area contributed by atoms with Crippen LogP contribution in [0.2, 0.25) is 0 Å². The van der Waals surface area contributed by atoms with Crippen LogP contribution >= 0.6 is 0 Å². The fraction of sp³-hybridized carbons (Fsp3) is 0.412. The summed E-state index contributed by atoms with van der Waals surface area (Å²) in [6.07, 6.45) is 5.11. The molecule has 0 amide bonds. The highest BCUT2D eigenvalue weighted by Gasteiger charge is 2.19. The molecule has 1 saturated carbocycles. The number of carbonyl (C=O) groups is 1. The molecule has 2 aromatic rings. The van der Waals surface area contributed by atoms with Crippen molar-refractivity contribution in [1.82, 2.24) is 0 Å². The van der Waals surface area contributed by atoms with Gasteiger partial charge in [-0.05, 0) is 43.4 Å². The summed E-state index contributed by atoms with van der Waals surface area (Å²) in [5.41, 5.74) is 0.908. The average molecular weight is 286 g/mol. The zero-order valence-corrected chi connectivity index (χ0v) is 12.1. The summed E-state index contributed by atoms with van der Waals surface area (Å²) in [4.78, 5) is 23.3. The molecule has 0 bridgehead atoms. The van der Waals surface area contributed by atoms with Crippen LogP contribution in [0.4, 0.5) is 0 Å². The maximum Gasteiger partial charge on any atom is 0.336 e. The van der Waals surface area contributed by atoms with Gasteiger partial charge in [-0.1, -0.05) is 12.8 Å². The summed E-state index contributed by atoms with van der Waals surface area (Å²) in [6, 6.07) is 6.61. The Kier molecular flexibility index (Phi) is 3.78. The van der Waals surface area contributed by atoms with E-state index in [0.717, 1.165) is 23.8 Å². The Morgan fingerprint density at radius 3 is 2.81 bits per heavy atom. The molecule has 0 saturated heterocycles. The Morgan fingerprint density at radius 1 is 1.29 bits per heavy atom. The molecule has 0 atom stereocenters. The second-order valence-electron chi connectivity index (χ2n) is 5.74. The van der Waals surface area contributed by atoms with Gasteiger partial charge in [0.05, 0.1) is 0 Å². The molecular formula is C17H18O4. The molecule has 110 valence electrons. The van der Waals surface area contributed by atoms with Crippen molar-refractivity contribution in [3.05, 3.63) is 40.2 Å². The second-order valence-corrected chi connectivity index (χ2v) is 5.74. The van der Waals surface area contributed by atoms with Crippen LogP contribution < -0.4 is 10.4 Å². The van der Waals surface area contributed by atoms with E-state index < -0.39 is 5.63 Å². The Hall–Kier alpha value is -2.10. The van der Waals surface area contributed by atoms with E-state index in [9.17, 15) is 9.59 Å². The number of fused-ring (bicyclic) bond motifs is 1. The molecule has 1 fully saturated rings.